The number of alkyl halides is 3. The van der Waals surface area contributed by atoms with E-state index in [0.717, 1.165) is 17.7 Å². The molecule has 0 unspecified atom stereocenters. The van der Waals surface area contributed by atoms with Gasteiger partial charge in [-0.2, -0.15) is 13.2 Å². The maximum Gasteiger partial charge on any atom is 0.416 e. The highest BCUT2D eigenvalue weighted by Crippen LogP contribution is 2.30. The zero-order chi connectivity index (χ0) is 24.9. The Morgan fingerprint density at radius 3 is 2.34 bits per heavy atom. The number of piperidine rings is 1. The summed E-state index contributed by atoms with van der Waals surface area (Å²) in [6, 6.07) is 11.4. The van der Waals surface area contributed by atoms with E-state index in [1.807, 2.05) is 12.1 Å². The van der Waals surface area contributed by atoms with E-state index in [1.165, 1.54) is 18.3 Å². The van der Waals surface area contributed by atoms with Crippen molar-refractivity contribution in [2.45, 2.75) is 31.0 Å². The number of nitrogens with zero attached hydrogens (tertiary/aromatic N) is 2. The van der Waals surface area contributed by atoms with Crippen LogP contribution in [0.3, 0.4) is 0 Å². The second-order valence-corrected chi connectivity index (χ2v) is 8.35. The summed E-state index contributed by atoms with van der Waals surface area (Å²) in [4.78, 5) is 30.6. The minimum absolute atomic E-state index is 0.0905. The number of carbonyl (C=O) groups is 2. The van der Waals surface area contributed by atoms with Gasteiger partial charge in [0.15, 0.2) is 12.4 Å². The quantitative estimate of drug-likeness (QED) is 0.470. The Bertz CT molecular complexity index is 1060. The molecule has 2 aromatic rings. The van der Waals surface area contributed by atoms with E-state index in [1.54, 1.807) is 17.0 Å². The van der Waals surface area contributed by atoms with Gasteiger partial charge in [-0.3, -0.25) is 4.79 Å². The zero-order valence-corrected chi connectivity index (χ0v) is 18.7. The monoisotopic (exact) mass is 491 g/mol. The Kier molecular flexibility index (Phi) is 7.13. The Hall–Kier alpha value is -3.76. The molecule has 2 heterocycles. The van der Waals surface area contributed by atoms with Crippen molar-refractivity contribution in [1.29, 1.82) is 0 Å². The minimum Gasteiger partial charge on any atom is -0.484 e. The van der Waals surface area contributed by atoms with Gasteiger partial charge in [-0.15, -0.1) is 0 Å². The first-order valence-electron chi connectivity index (χ1n) is 11.0. The molecule has 8 nitrogen and oxygen atoms in total. The van der Waals surface area contributed by atoms with Gasteiger partial charge in [0.05, 0.1) is 12.1 Å². The molecule has 0 atom stereocenters. The molecular formula is C24H24F3N3O5. The SMILES string of the molecule is O=C1NCC2(CCN(C(=O)COc3ccc(CC=NOc4ccc(C(F)(F)F)cc4)cc3)CC2)O1. The van der Waals surface area contributed by atoms with Gasteiger partial charge in [-0.1, -0.05) is 17.3 Å². The normalized spacial score (nSPS) is 17.3. The number of halogens is 3. The third-order valence-electron chi connectivity index (χ3n) is 5.92. The summed E-state index contributed by atoms with van der Waals surface area (Å²) in [6.07, 6.45) is -1.68. The van der Waals surface area contributed by atoms with Gasteiger partial charge in [0.1, 0.15) is 11.4 Å². The van der Waals surface area contributed by atoms with Crippen LogP contribution in [0.25, 0.3) is 0 Å². The van der Waals surface area contributed by atoms with Gasteiger partial charge in [0, 0.05) is 38.6 Å². The predicted molar refractivity (Wildman–Crippen MR) is 119 cm³/mol. The Labute approximate surface area is 199 Å². The van der Waals surface area contributed by atoms with Crippen molar-refractivity contribution in [2.24, 2.45) is 5.16 Å². The summed E-state index contributed by atoms with van der Waals surface area (Å²) in [5.41, 5.74) is -0.350. The Morgan fingerprint density at radius 1 is 1.09 bits per heavy atom. The number of oxime groups is 1. The van der Waals surface area contributed by atoms with E-state index >= 15 is 0 Å². The second-order valence-electron chi connectivity index (χ2n) is 8.35. The first kappa shape index (κ1) is 24.4. The van der Waals surface area contributed by atoms with Crippen LogP contribution in [0, 0.1) is 0 Å². The fourth-order valence-electron chi connectivity index (χ4n) is 3.85. The van der Waals surface area contributed by atoms with Crippen molar-refractivity contribution >= 4 is 18.2 Å². The fraction of sp³-hybridized carbons (Fsp3) is 0.375. The second kappa shape index (κ2) is 10.2. The summed E-state index contributed by atoms with van der Waals surface area (Å²) in [5, 5.41) is 6.44. The highest BCUT2D eigenvalue weighted by atomic mass is 19.4. The van der Waals surface area contributed by atoms with Crippen molar-refractivity contribution in [3.63, 3.8) is 0 Å². The number of hydrogen-bond donors (Lipinski definition) is 1. The van der Waals surface area contributed by atoms with Gasteiger partial charge in [0.2, 0.25) is 0 Å². The van der Waals surface area contributed by atoms with Crippen LogP contribution in [-0.2, 0) is 22.1 Å². The molecule has 1 N–H and O–H groups in total. The molecule has 186 valence electrons. The zero-order valence-electron chi connectivity index (χ0n) is 18.7. The van der Waals surface area contributed by atoms with Gasteiger partial charge >= 0.3 is 12.3 Å². The number of ether oxygens (including phenoxy) is 2. The Balaban J connectivity index is 1.17. The number of hydrogen-bond acceptors (Lipinski definition) is 6. The van der Waals surface area contributed by atoms with Gasteiger partial charge in [-0.25, -0.2) is 4.79 Å². The van der Waals surface area contributed by atoms with E-state index in [9.17, 15) is 22.8 Å². The van der Waals surface area contributed by atoms with Crippen molar-refractivity contribution in [2.75, 3.05) is 26.2 Å². The topological polar surface area (TPSA) is 89.5 Å². The molecule has 2 fully saturated rings. The molecule has 0 radical (unpaired) electrons. The molecular weight excluding hydrogens is 467 g/mol. The molecule has 0 aliphatic carbocycles. The van der Waals surface area contributed by atoms with E-state index in [-0.39, 0.29) is 18.3 Å². The first-order chi connectivity index (χ1) is 16.7. The largest absolute Gasteiger partial charge is 0.484 e. The molecule has 35 heavy (non-hydrogen) atoms. The van der Waals surface area contributed by atoms with Crippen molar-refractivity contribution in [3.8, 4) is 11.5 Å². The van der Waals surface area contributed by atoms with Crippen molar-refractivity contribution < 1.29 is 37.1 Å². The van der Waals surface area contributed by atoms with Gasteiger partial charge in [0.25, 0.3) is 5.91 Å². The van der Waals surface area contributed by atoms with Gasteiger partial charge in [-0.05, 0) is 42.0 Å². The van der Waals surface area contributed by atoms with Crippen LogP contribution in [0.2, 0.25) is 0 Å². The Morgan fingerprint density at radius 2 is 1.74 bits per heavy atom. The summed E-state index contributed by atoms with van der Waals surface area (Å²) in [7, 11) is 0. The molecule has 2 aromatic carbocycles. The molecule has 2 amide bonds. The maximum absolute atomic E-state index is 12.6. The number of amides is 2. The molecule has 2 saturated heterocycles. The van der Waals surface area contributed by atoms with Crippen LogP contribution < -0.4 is 14.9 Å². The lowest BCUT2D eigenvalue weighted by Gasteiger charge is -2.37. The van der Waals surface area contributed by atoms with Crippen LogP contribution in [0.4, 0.5) is 18.0 Å². The summed E-state index contributed by atoms with van der Waals surface area (Å²) >= 11 is 0. The van der Waals surface area contributed by atoms with Crippen LogP contribution in [0.1, 0.15) is 24.0 Å². The van der Waals surface area contributed by atoms with Crippen molar-refractivity contribution in [3.05, 3.63) is 59.7 Å². The number of benzene rings is 2. The molecule has 11 heteroatoms. The van der Waals surface area contributed by atoms with Crippen LogP contribution in [0.5, 0.6) is 11.5 Å². The van der Waals surface area contributed by atoms with Crippen LogP contribution >= 0.6 is 0 Å². The van der Waals surface area contributed by atoms with E-state index < -0.39 is 23.4 Å². The third kappa shape index (κ3) is 6.43. The molecule has 2 aliphatic heterocycles. The summed E-state index contributed by atoms with van der Waals surface area (Å²) in [6.45, 7) is 1.39. The highest BCUT2D eigenvalue weighted by molar-refractivity contribution is 5.78. The number of alkyl carbamates (subject to hydrolysis) is 1. The standard InChI is InChI=1S/C24H24F3N3O5/c25-24(26,27)18-3-7-20(8-4-18)35-29-12-9-17-1-5-19(6-2-17)33-15-21(31)30-13-10-23(11-14-30)16-28-22(32)34-23/h1-8,12H,9-11,13-16H2,(H,28,32). The summed E-state index contributed by atoms with van der Waals surface area (Å²) in [5.74, 6) is 0.615. The number of carbonyl (C=O) groups excluding carboxylic acids is 2. The molecule has 2 aliphatic rings. The molecule has 0 aromatic heterocycles. The predicted octanol–water partition coefficient (Wildman–Crippen LogP) is 3.79. The first-order valence-corrected chi connectivity index (χ1v) is 11.0. The highest BCUT2D eigenvalue weighted by Gasteiger charge is 2.43. The smallest absolute Gasteiger partial charge is 0.416 e. The van der Waals surface area contributed by atoms with E-state index in [4.69, 9.17) is 14.3 Å². The average Bonchev–Trinajstić information content (AvgIpc) is 3.21. The minimum atomic E-state index is -4.40. The van der Waals surface area contributed by atoms with Crippen LogP contribution in [-0.4, -0.2) is 55.0 Å². The lowest BCUT2D eigenvalue weighted by Crippen LogP contribution is -2.49. The van der Waals surface area contributed by atoms with Gasteiger partial charge < -0.3 is 24.5 Å². The number of rotatable bonds is 7. The molecule has 0 saturated carbocycles. The van der Waals surface area contributed by atoms with Crippen molar-refractivity contribution in [1.82, 2.24) is 10.2 Å². The van der Waals surface area contributed by atoms with E-state index in [0.29, 0.717) is 44.6 Å². The molecule has 1 spiro atoms. The summed E-state index contributed by atoms with van der Waals surface area (Å²) < 4.78 is 48.7. The fourth-order valence-corrected chi connectivity index (χ4v) is 3.85. The maximum atomic E-state index is 12.6. The number of likely N-dealkylation sites (tertiary alicyclic amines) is 1. The van der Waals surface area contributed by atoms with Crippen LogP contribution in [0.15, 0.2) is 53.7 Å². The average molecular weight is 491 g/mol. The lowest BCUT2D eigenvalue weighted by molar-refractivity contribution is -0.138. The third-order valence-corrected chi connectivity index (χ3v) is 5.92. The molecule has 0 bridgehead atoms. The van der Waals surface area contributed by atoms with E-state index in [2.05, 4.69) is 10.5 Å². The molecule has 4 rings (SSSR count). The lowest BCUT2D eigenvalue weighted by atomic mass is 9.91. The number of nitrogens with one attached hydrogen (secondary N) is 1.